The Hall–Kier alpha value is -1.87. The normalized spacial score (nSPS) is 14.7. The molecule has 1 aliphatic heterocycles. The van der Waals surface area contributed by atoms with Crippen molar-refractivity contribution in [3.63, 3.8) is 0 Å². The molecule has 0 saturated heterocycles. The highest BCUT2D eigenvalue weighted by Gasteiger charge is 2.19. The van der Waals surface area contributed by atoms with Crippen molar-refractivity contribution in [2.24, 2.45) is 0 Å². The molecule has 2 aromatic carbocycles. The zero-order valence-electron chi connectivity index (χ0n) is 12.4. The molecule has 2 aromatic rings. The summed E-state index contributed by atoms with van der Waals surface area (Å²) in [5, 5.41) is 3.13. The maximum Gasteiger partial charge on any atom is 0.146 e. The zero-order valence-corrected chi connectivity index (χ0v) is 12.4. The van der Waals surface area contributed by atoms with Gasteiger partial charge >= 0.3 is 0 Å². The summed E-state index contributed by atoms with van der Waals surface area (Å²) in [4.78, 5) is 2.20. The first-order valence-corrected chi connectivity index (χ1v) is 7.53. The van der Waals surface area contributed by atoms with Crippen molar-refractivity contribution in [2.75, 3.05) is 25.0 Å². The highest BCUT2D eigenvalue weighted by atomic mass is 19.1. The highest BCUT2D eigenvalue weighted by Crippen LogP contribution is 2.27. The van der Waals surface area contributed by atoms with E-state index in [4.69, 9.17) is 0 Å². The van der Waals surface area contributed by atoms with Gasteiger partial charge in [0.2, 0.25) is 0 Å². The number of benzene rings is 2. The lowest BCUT2D eigenvalue weighted by Crippen LogP contribution is -2.28. The van der Waals surface area contributed by atoms with Crippen LogP contribution in [0.5, 0.6) is 0 Å². The van der Waals surface area contributed by atoms with Gasteiger partial charge in [0.25, 0.3) is 0 Å². The summed E-state index contributed by atoms with van der Waals surface area (Å²) in [5.74, 6) is -0.117. The number of nitrogens with one attached hydrogen (secondary N) is 1. The molecule has 0 radical (unpaired) electrons. The van der Waals surface area contributed by atoms with Crippen LogP contribution >= 0.6 is 0 Å². The predicted octanol–water partition coefficient (Wildman–Crippen LogP) is 3.15. The zero-order chi connectivity index (χ0) is 14.7. The van der Waals surface area contributed by atoms with Crippen LogP contribution in [0.2, 0.25) is 0 Å². The van der Waals surface area contributed by atoms with Gasteiger partial charge in [-0.3, -0.25) is 0 Å². The molecule has 0 aliphatic carbocycles. The van der Waals surface area contributed by atoms with Gasteiger partial charge in [0.15, 0.2) is 0 Å². The molecular formula is C18H21FN2. The molecule has 0 fully saturated rings. The maximum atomic E-state index is 14.4. The van der Waals surface area contributed by atoms with E-state index >= 15 is 0 Å². The van der Waals surface area contributed by atoms with E-state index in [1.165, 1.54) is 11.1 Å². The molecule has 2 nitrogen and oxygen atoms in total. The molecule has 0 saturated carbocycles. The van der Waals surface area contributed by atoms with Crippen LogP contribution in [0.4, 0.5) is 10.1 Å². The van der Waals surface area contributed by atoms with Crippen LogP contribution in [0.3, 0.4) is 0 Å². The smallest absolute Gasteiger partial charge is 0.146 e. The van der Waals surface area contributed by atoms with Crippen molar-refractivity contribution in [3.8, 4) is 0 Å². The topological polar surface area (TPSA) is 15.3 Å². The van der Waals surface area contributed by atoms with Gasteiger partial charge in [-0.2, -0.15) is 0 Å². The lowest BCUT2D eigenvalue weighted by Gasteiger charge is -2.26. The number of rotatable bonds is 3. The van der Waals surface area contributed by atoms with Crippen LogP contribution in [0.1, 0.15) is 16.7 Å². The number of hydrogen-bond acceptors (Lipinski definition) is 2. The van der Waals surface area contributed by atoms with Gasteiger partial charge in [-0.25, -0.2) is 4.39 Å². The van der Waals surface area contributed by atoms with Crippen molar-refractivity contribution in [1.29, 1.82) is 0 Å². The van der Waals surface area contributed by atoms with E-state index < -0.39 is 0 Å². The third-order valence-corrected chi connectivity index (χ3v) is 4.17. The average Bonchev–Trinajstić information content (AvgIpc) is 2.71. The Morgan fingerprint density at radius 2 is 1.67 bits per heavy atom. The summed E-state index contributed by atoms with van der Waals surface area (Å²) in [5.41, 5.74) is 4.58. The lowest BCUT2D eigenvalue weighted by molar-refractivity contribution is 0.612. The summed E-state index contributed by atoms with van der Waals surface area (Å²) in [6, 6.07) is 13.9. The number of nitrogens with zero attached hydrogens (tertiary/aromatic N) is 1. The van der Waals surface area contributed by atoms with E-state index in [1.54, 1.807) is 12.1 Å². The number of anilines is 1. The first-order chi connectivity index (χ1) is 10.3. The van der Waals surface area contributed by atoms with Gasteiger partial charge in [-0.05, 0) is 42.6 Å². The minimum atomic E-state index is -0.117. The molecule has 0 amide bonds. The first-order valence-electron chi connectivity index (χ1n) is 7.53. The highest BCUT2D eigenvalue weighted by molar-refractivity contribution is 5.55. The summed E-state index contributed by atoms with van der Waals surface area (Å²) in [6.45, 7) is 2.43. The van der Waals surface area contributed by atoms with E-state index in [0.29, 0.717) is 6.54 Å². The average molecular weight is 284 g/mol. The lowest BCUT2D eigenvalue weighted by atomic mass is 10.0. The number of para-hydroxylation sites is 1. The molecule has 1 aliphatic rings. The second-order valence-electron chi connectivity index (χ2n) is 5.53. The van der Waals surface area contributed by atoms with E-state index in [9.17, 15) is 4.39 Å². The summed E-state index contributed by atoms with van der Waals surface area (Å²) < 4.78 is 14.4. The third-order valence-electron chi connectivity index (χ3n) is 4.17. The largest absolute Gasteiger partial charge is 0.368 e. The fraction of sp³-hybridized carbons (Fsp3) is 0.333. The molecule has 21 heavy (non-hydrogen) atoms. The number of fused-ring (bicyclic) bond motifs is 1. The molecule has 1 heterocycles. The number of halogens is 1. The second kappa shape index (κ2) is 6.27. The molecule has 110 valence electrons. The fourth-order valence-electron chi connectivity index (χ4n) is 3.14. The Morgan fingerprint density at radius 3 is 2.29 bits per heavy atom. The fourth-order valence-corrected chi connectivity index (χ4v) is 3.14. The Kier molecular flexibility index (Phi) is 4.20. The van der Waals surface area contributed by atoms with Crippen molar-refractivity contribution >= 4 is 5.69 Å². The van der Waals surface area contributed by atoms with Gasteiger partial charge < -0.3 is 10.2 Å². The number of hydrogen-bond donors (Lipinski definition) is 1. The van der Waals surface area contributed by atoms with Crippen LogP contribution < -0.4 is 10.2 Å². The predicted molar refractivity (Wildman–Crippen MR) is 85.2 cm³/mol. The third kappa shape index (κ3) is 2.93. The van der Waals surface area contributed by atoms with Gasteiger partial charge in [-0.15, -0.1) is 0 Å². The van der Waals surface area contributed by atoms with E-state index in [1.807, 2.05) is 13.1 Å². The Bertz CT molecular complexity index is 597. The molecule has 0 unspecified atom stereocenters. The van der Waals surface area contributed by atoms with Crippen LogP contribution in [0.15, 0.2) is 42.5 Å². The van der Waals surface area contributed by atoms with Crippen LogP contribution in [0.25, 0.3) is 0 Å². The SMILES string of the molecule is CNCc1cccc(F)c1N1CCc2ccccc2CC1. The molecular weight excluding hydrogens is 263 g/mol. The first kappa shape index (κ1) is 14.1. The van der Waals surface area contributed by atoms with Crippen LogP contribution in [-0.2, 0) is 19.4 Å². The maximum absolute atomic E-state index is 14.4. The van der Waals surface area contributed by atoms with Crippen molar-refractivity contribution in [1.82, 2.24) is 5.32 Å². The quantitative estimate of drug-likeness (QED) is 0.931. The Labute approximate surface area is 125 Å². The molecule has 3 heteroatoms. The summed E-state index contributed by atoms with van der Waals surface area (Å²) >= 11 is 0. The minimum absolute atomic E-state index is 0.117. The van der Waals surface area contributed by atoms with Crippen molar-refractivity contribution in [3.05, 3.63) is 65.0 Å². The van der Waals surface area contributed by atoms with Gasteiger partial charge in [0, 0.05) is 19.6 Å². The van der Waals surface area contributed by atoms with Crippen LogP contribution in [0, 0.1) is 5.82 Å². The van der Waals surface area contributed by atoms with Crippen molar-refractivity contribution in [2.45, 2.75) is 19.4 Å². The molecule has 3 rings (SSSR count). The molecule has 0 atom stereocenters. The van der Waals surface area contributed by atoms with Crippen LogP contribution in [-0.4, -0.2) is 20.1 Å². The Morgan fingerprint density at radius 1 is 1.00 bits per heavy atom. The summed E-state index contributed by atoms with van der Waals surface area (Å²) in [6.07, 6.45) is 1.95. The van der Waals surface area contributed by atoms with E-state index in [2.05, 4.69) is 34.5 Å². The van der Waals surface area contributed by atoms with E-state index in [-0.39, 0.29) is 5.82 Å². The molecule has 0 bridgehead atoms. The van der Waals surface area contributed by atoms with Gasteiger partial charge in [0.05, 0.1) is 5.69 Å². The Balaban J connectivity index is 1.89. The van der Waals surface area contributed by atoms with Gasteiger partial charge in [0.1, 0.15) is 5.82 Å². The minimum Gasteiger partial charge on any atom is -0.368 e. The van der Waals surface area contributed by atoms with Gasteiger partial charge in [-0.1, -0.05) is 36.4 Å². The molecule has 1 N–H and O–H groups in total. The second-order valence-corrected chi connectivity index (χ2v) is 5.53. The summed E-state index contributed by atoms with van der Waals surface area (Å²) in [7, 11) is 1.90. The molecule has 0 spiro atoms. The molecule has 0 aromatic heterocycles. The van der Waals surface area contributed by atoms with Crippen molar-refractivity contribution < 1.29 is 4.39 Å². The van der Waals surface area contributed by atoms with E-state index in [0.717, 1.165) is 37.2 Å². The standard InChI is InChI=1S/C18H21FN2/c1-20-13-16-7-4-8-17(19)18(16)21-11-9-14-5-2-3-6-15(14)10-12-21/h2-8,20H,9-13H2,1H3. The monoisotopic (exact) mass is 284 g/mol.